The lowest BCUT2D eigenvalue weighted by atomic mass is 10.2. The first kappa shape index (κ1) is 18.7. The van der Waals surface area contributed by atoms with Crippen molar-refractivity contribution in [1.29, 1.82) is 0 Å². The van der Waals surface area contributed by atoms with Crippen LogP contribution in [-0.4, -0.2) is 33.8 Å². The fraction of sp³-hybridized carbons (Fsp3) is 0.278. The highest BCUT2D eigenvalue weighted by molar-refractivity contribution is 6.31. The molecule has 0 aliphatic heterocycles. The molecule has 134 valence electrons. The Balaban J connectivity index is 2.05. The van der Waals surface area contributed by atoms with Crippen LogP contribution in [0.25, 0.3) is 0 Å². The largest absolute Gasteiger partial charge is 0.493 e. The van der Waals surface area contributed by atoms with Gasteiger partial charge in [-0.1, -0.05) is 17.7 Å². The van der Waals surface area contributed by atoms with Gasteiger partial charge in [0.05, 0.1) is 27.9 Å². The first-order valence-corrected chi connectivity index (χ1v) is 7.96. The summed E-state index contributed by atoms with van der Waals surface area (Å²) in [4.78, 5) is 12.2. The van der Waals surface area contributed by atoms with Crippen LogP contribution in [0.15, 0.2) is 30.3 Å². The zero-order valence-corrected chi connectivity index (χ0v) is 15.4. The van der Waals surface area contributed by atoms with Crippen LogP contribution >= 0.6 is 11.6 Å². The molecule has 0 aliphatic carbocycles. The lowest BCUT2D eigenvalue weighted by Crippen LogP contribution is -2.21. The van der Waals surface area contributed by atoms with Gasteiger partial charge in [0, 0.05) is 28.5 Å². The second kappa shape index (κ2) is 8.48. The Labute approximate surface area is 152 Å². The Bertz CT molecular complexity index is 740. The summed E-state index contributed by atoms with van der Waals surface area (Å²) in [5.41, 5.74) is 2.30. The summed E-state index contributed by atoms with van der Waals surface area (Å²) >= 11 is 6.07. The van der Waals surface area contributed by atoms with Gasteiger partial charge in [0.2, 0.25) is 11.7 Å². The first-order chi connectivity index (χ1) is 12.0. The molecule has 1 amide bonds. The predicted molar refractivity (Wildman–Crippen MR) is 99.4 cm³/mol. The molecule has 0 heterocycles. The minimum absolute atomic E-state index is 0.0933. The minimum atomic E-state index is -0.217. The average molecular weight is 365 g/mol. The normalized spacial score (nSPS) is 10.1. The van der Waals surface area contributed by atoms with Gasteiger partial charge in [-0.15, -0.1) is 0 Å². The van der Waals surface area contributed by atoms with E-state index in [2.05, 4.69) is 10.6 Å². The molecule has 0 aliphatic rings. The Hall–Kier alpha value is -2.60. The highest BCUT2D eigenvalue weighted by atomic mass is 35.5. The van der Waals surface area contributed by atoms with E-state index in [1.54, 1.807) is 18.2 Å². The van der Waals surface area contributed by atoms with Crippen LogP contribution in [0.1, 0.15) is 5.56 Å². The molecular formula is C18H21ClN2O4. The summed E-state index contributed by atoms with van der Waals surface area (Å²) in [5, 5.41) is 6.47. The number of amides is 1. The van der Waals surface area contributed by atoms with Crippen molar-refractivity contribution in [3.63, 3.8) is 0 Å². The van der Waals surface area contributed by atoms with E-state index in [0.717, 1.165) is 11.3 Å². The SMILES string of the molecule is COc1cc(NC(=O)CNc2ccc(C)c(Cl)c2)cc(OC)c1OC. The predicted octanol–water partition coefficient (Wildman–Crippen LogP) is 3.72. The summed E-state index contributed by atoms with van der Waals surface area (Å²) in [6, 6.07) is 8.88. The number of rotatable bonds is 7. The zero-order chi connectivity index (χ0) is 18.4. The molecule has 2 rings (SSSR count). The third kappa shape index (κ3) is 4.70. The number of benzene rings is 2. The van der Waals surface area contributed by atoms with Crippen molar-refractivity contribution in [1.82, 2.24) is 0 Å². The molecule has 0 bridgehead atoms. The van der Waals surface area contributed by atoms with Gasteiger partial charge in [-0.25, -0.2) is 0 Å². The van der Waals surface area contributed by atoms with Gasteiger partial charge in [-0.3, -0.25) is 4.79 Å². The molecule has 2 aromatic rings. The third-order valence-electron chi connectivity index (χ3n) is 3.57. The quantitative estimate of drug-likeness (QED) is 0.783. The molecule has 6 nitrogen and oxygen atoms in total. The maximum absolute atomic E-state index is 12.2. The summed E-state index contributed by atoms with van der Waals surface area (Å²) in [6.45, 7) is 2.01. The van der Waals surface area contributed by atoms with Crippen LogP contribution < -0.4 is 24.8 Å². The Morgan fingerprint density at radius 2 is 1.64 bits per heavy atom. The van der Waals surface area contributed by atoms with Crippen molar-refractivity contribution in [3.8, 4) is 17.2 Å². The number of carbonyl (C=O) groups excluding carboxylic acids is 1. The number of hydrogen-bond acceptors (Lipinski definition) is 5. The average Bonchev–Trinajstić information content (AvgIpc) is 2.61. The molecule has 0 spiro atoms. The van der Waals surface area contributed by atoms with Crippen LogP contribution in [0.3, 0.4) is 0 Å². The second-order valence-corrected chi connectivity index (χ2v) is 5.69. The lowest BCUT2D eigenvalue weighted by molar-refractivity contribution is -0.114. The van der Waals surface area contributed by atoms with Crippen molar-refractivity contribution in [2.24, 2.45) is 0 Å². The molecule has 2 aromatic carbocycles. The Morgan fingerprint density at radius 1 is 1.00 bits per heavy atom. The fourth-order valence-electron chi connectivity index (χ4n) is 2.24. The highest BCUT2D eigenvalue weighted by Crippen LogP contribution is 2.39. The van der Waals surface area contributed by atoms with Gasteiger partial charge in [0.15, 0.2) is 11.5 Å². The molecule has 0 radical (unpaired) electrons. The van der Waals surface area contributed by atoms with Gasteiger partial charge in [0.25, 0.3) is 0 Å². The van der Waals surface area contributed by atoms with E-state index in [4.69, 9.17) is 25.8 Å². The Kier molecular flexibility index (Phi) is 6.36. The molecule has 0 saturated carbocycles. The summed E-state index contributed by atoms with van der Waals surface area (Å²) < 4.78 is 15.8. The maximum Gasteiger partial charge on any atom is 0.243 e. The number of halogens is 1. The molecule has 0 saturated heterocycles. The standard InChI is InChI=1S/C18H21ClN2O4/c1-11-5-6-12(7-14(11)19)20-10-17(22)21-13-8-15(23-2)18(25-4)16(9-13)24-3/h5-9,20H,10H2,1-4H3,(H,21,22). The van der Waals surface area contributed by atoms with Crippen molar-refractivity contribution in [2.75, 3.05) is 38.5 Å². The number of ether oxygens (including phenoxy) is 3. The molecule has 2 N–H and O–H groups in total. The van der Waals surface area contributed by atoms with Gasteiger partial charge < -0.3 is 24.8 Å². The second-order valence-electron chi connectivity index (χ2n) is 5.28. The number of carbonyl (C=O) groups is 1. The molecule has 0 fully saturated rings. The van der Waals surface area contributed by atoms with Gasteiger partial charge in [0.1, 0.15) is 0 Å². The number of nitrogens with one attached hydrogen (secondary N) is 2. The summed E-state index contributed by atoms with van der Waals surface area (Å²) in [7, 11) is 4.56. The molecule has 0 aromatic heterocycles. The zero-order valence-electron chi connectivity index (χ0n) is 14.6. The molecule has 0 atom stereocenters. The van der Waals surface area contributed by atoms with Gasteiger partial charge in [-0.05, 0) is 24.6 Å². The monoisotopic (exact) mass is 364 g/mol. The molecule has 0 unspecified atom stereocenters. The maximum atomic E-state index is 12.2. The van der Waals surface area contributed by atoms with E-state index in [0.29, 0.717) is 28.0 Å². The lowest BCUT2D eigenvalue weighted by Gasteiger charge is -2.15. The van der Waals surface area contributed by atoms with Gasteiger partial charge in [-0.2, -0.15) is 0 Å². The van der Waals surface area contributed by atoms with Crippen LogP contribution in [0.4, 0.5) is 11.4 Å². The Morgan fingerprint density at radius 3 is 2.16 bits per heavy atom. The van der Waals surface area contributed by atoms with E-state index < -0.39 is 0 Å². The van der Waals surface area contributed by atoms with Crippen molar-refractivity contribution in [2.45, 2.75) is 6.92 Å². The third-order valence-corrected chi connectivity index (χ3v) is 3.98. The van der Waals surface area contributed by atoms with Crippen molar-refractivity contribution >= 4 is 28.9 Å². The molecule has 7 heteroatoms. The van der Waals surface area contributed by atoms with Crippen LogP contribution in [0.5, 0.6) is 17.2 Å². The van der Waals surface area contributed by atoms with Crippen LogP contribution in [0.2, 0.25) is 5.02 Å². The topological polar surface area (TPSA) is 68.8 Å². The van der Waals surface area contributed by atoms with E-state index in [1.807, 2.05) is 19.1 Å². The smallest absolute Gasteiger partial charge is 0.243 e. The van der Waals surface area contributed by atoms with Crippen molar-refractivity contribution < 1.29 is 19.0 Å². The fourth-order valence-corrected chi connectivity index (χ4v) is 2.42. The number of anilines is 2. The first-order valence-electron chi connectivity index (χ1n) is 7.58. The van der Waals surface area contributed by atoms with Gasteiger partial charge >= 0.3 is 0 Å². The van der Waals surface area contributed by atoms with Crippen LogP contribution in [-0.2, 0) is 4.79 Å². The minimum Gasteiger partial charge on any atom is -0.493 e. The van der Waals surface area contributed by atoms with E-state index in [9.17, 15) is 4.79 Å². The van der Waals surface area contributed by atoms with E-state index in [-0.39, 0.29) is 12.5 Å². The van der Waals surface area contributed by atoms with E-state index >= 15 is 0 Å². The van der Waals surface area contributed by atoms with Crippen molar-refractivity contribution in [3.05, 3.63) is 40.9 Å². The number of hydrogen-bond donors (Lipinski definition) is 2. The number of methoxy groups -OCH3 is 3. The van der Waals surface area contributed by atoms with Crippen LogP contribution in [0, 0.1) is 6.92 Å². The molecular weight excluding hydrogens is 344 g/mol. The highest BCUT2D eigenvalue weighted by Gasteiger charge is 2.14. The molecule has 25 heavy (non-hydrogen) atoms. The van der Waals surface area contributed by atoms with E-state index in [1.165, 1.54) is 21.3 Å². The number of aryl methyl sites for hydroxylation is 1. The summed E-state index contributed by atoms with van der Waals surface area (Å²) in [5.74, 6) is 1.19. The summed E-state index contributed by atoms with van der Waals surface area (Å²) in [6.07, 6.45) is 0.